The first kappa shape index (κ1) is 21.6. The molecule has 146 valence electrons. The SMILES string of the molecule is CC(C)(C)OC(=O)NC/C(N)=N/OCCO.Cc1ccc2c(c1)CCO2. The number of aliphatic hydroxyl groups is 1. The Balaban J connectivity index is 0.000000284. The molecule has 0 aromatic heterocycles. The number of carbonyl (C=O) groups excluding carboxylic acids is 1. The number of nitrogens with zero attached hydrogens (tertiary/aromatic N) is 1. The van der Waals surface area contributed by atoms with E-state index in [0.717, 1.165) is 18.8 Å². The summed E-state index contributed by atoms with van der Waals surface area (Å²) in [6.07, 6.45) is 0.504. The first-order chi connectivity index (χ1) is 12.2. The molecule has 0 unspecified atom stereocenters. The van der Waals surface area contributed by atoms with Crippen LogP contribution >= 0.6 is 0 Å². The lowest BCUT2D eigenvalue weighted by Crippen LogP contribution is -2.37. The van der Waals surface area contributed by atoms with Crippen molar-refractivity contribution in [2.45, 2.75) is 39.7 Å². The number of rotatable bonds is 5. The van der Waals surface area contributed by atoms with Crippen LogP contribution in [-0.2, 0) is 16.0 Å². The molecule has 1 aromatic rings. The fraction of sp³-hybridized carbons (Fsp3) is 0.556. The molecular formula is C18H29N3O5. The van der Waals surface area contributed by atoms with E-state index in [2.05, 4.69) is 40.4 Å². The molecule has 0 fully saturated rings. The van der Waals surface area contributed by atoms with Gasteiger partial charge in [-0.3, -0.25) is 0 Å². The third-order valence-electron chi connectivity index (χ3n) is 3.02. The topological polar surface area (TPSA) is 115 Å². The minimum absolute atomic E-state index is 0.0281. The summed E-state index contributed by atoms with van der Waals surface area (Å²) in [6, 6.07) is 6.34. The number of alkyl carbamates (subject to hydrolysis) is 1. The Hall–Kier alpha value is -2.48. The van der Waals surface area contributed by atoms with Gasteiger partial charge in [0.25, 0.3) is 0 Å². The van der Waals surface area contributed by atoms with Gasteiger partial charge in [0.05, 0.1) is 19.8 Å². The highest BCUT2D eigenvalue weighted by molar-refractivity contribution is 5.85. The Bertz CT molecular complexity index is 611. The monoisotopic (exact) mass is 367 g/mol. The number of fused-ring (bicyclic) bond motifs is 1. The van der Waals surface area contributed by atoms with E-state index in [1.54, 1.807) is 20.8 Å². The van der Waals surface area contributed by atoms with Gasteiger partial charge in [-0.15, -0.1) is 0 Å². The molecule has 1 aromatic carbocycles. The van der Waals surface area contributed by atoms with Gasteiger partial charge < -0.3 is 30.5 Å². The zero-order chi connectivity index (χ0) is 19.6. The molecule has 0 atom stereocenters. The van der Waals surface area contributed by atoms with Crippen LogP contribution in [0.5, 0.6) is 5.75 Å². The van der Waals surface area contributed by atoms with E-state index < -0.39 is 11.7 Å². The number of amides is 1. The summed E-state index contributed by atoms with van der Waals surface area (Å²) < 4.78 is 10.3. The van der Waals surface area contributed by atoms with Gasteiger partial charge in [0.15, 0.2) is 5.84 Å². The lowest BCUT2D eigenvalue weighted by molar-refractivity contribution is 0.0534. The van der Waals surface area contributed by atoms with Crippen molar-refractivity contribution in [3.63, 3.8) is 0 Å². The van der Waals surface area contributed by atoms with Gasteiger partial charge in [-0.05, 0) is 39.3 Å². The first-order valence-electron chi connectivity index (χ1n) is 8.45. The van der Waals surface area contributed by atoms with Gasteiger partial charge in [-0.2, -0.15) is 0 Å². The Morgan fingerprint density at radius 1 is 1.42 bits per heavy atom. The summed E-state index contributed by atoms with van der Waals surface area (Å²) in [5.41, 5.74) is 7.53. The molecule has 0 aliphatic carbocycles. The Kier molecular flexibility index (Phi) is 8.71. The normalized spacial score (nSPS) is 13.0. The summed E-state index contributed by atoms with van der Waals surface area (Å²) in [4.78, 5) is 15.8. The average Bonchev–Trinajstić information content (AvgIpc) is 2.99. The van der Waals surface area contributed by atoms with Crippen molar-refractivity contribution in [3.8, 4) is 5.75 Å². The van der Waals surface area contributed by atoms with Crippen LogP contribution in [0.1, 0.15) is 31.9 Å². The first-order valence-corrected chi connectivity index (χ1v) is 8.45. The zero-order valence-electron chi connectivity index (χ0n) is 15.9. The van der Waals surface area contributed by atoms with Crippen molar-refractivity contribution in [3.05, 3.63) is 29.3 Å². The van der Waals surface area contributed by atoms with Crippen molar-refractivity contribution in [2.24, 2.45) is 10.9 Å². The van der Waals surface area contributed by atoms with Gasteiger partial charge >= 0.3 is 6.09 Å². The van der Waals surface area contributed by atoms with Gasteiger partial charge in [0, 0.05) is 6.42 Å². The van der Waals surface area contributed by atoms with Crippen molar-refractivity contribution in [2.75, 3.05) is 26.4 Å². The number of hydrogen-bond donors (Lipinski definition) is 3. The van der Waals surface area contributed by atoms with Crippen molar-refractivity contribution < 1.29 is 24.2 Å². The third-order valence-corrected chi connectivity index (χ3v) is 3.02. The van der Waals surface area contributed by atoms with Gasteiger partial charge in [0.2, 0.25) is 0 Å². The standard InChI is InChI=1S/C9H19N3O4.C9H10O/c1-9(2,3)16-8(14)11-6-7(10)12-15-5-4-13;1-7-2-3-9-8(6-7)4-5-10-9/h13H,4-6H2,1-3H3,(H2,10,12)(H,11,14);2-3,6H,4-5H2,1H3. The van der Waals surface area contributed by atoms with Crippen LogP contribution in [0.4, 0.5) is 4.79 Å². The maximum Gasteiger partial charge on any atom is 0.408 e. The minimum atomic E-state index is -0.576. The maximum atomic E-state index is 11.2. The van der Waals surface area contributed by atoms with E-state index in [1.165, 1.54) is 11.1 Å². The fourth-order valence-corrected chi connectivity index (χ4v) is 1.99. The predicted octanol–water partition coefficient (Wildman–Crippen LogP) is 1.72. The number of hydrogen-bond acceptors (Lipinski definition) is 6. The molecule has 0 radical (unpaired) electrons. The number of ether oxygens (including phenoxy) is 2. The van der Waals surface area contributed by atoms with Crippen molar-refractivity contribution >= 4 is 11.9 Å². The quantitative estimate of drug-likeness (QED) is 0.316. The van der Waals surface area contributed by atoms with Crippen molar-refractivity contribution in [1.29, 1.82) is 0 Å². The van der Waals surface area contributed by atoms with Crippen LogP contribution in [0, 0.1) is 6.92 Å². The van der Waals surface area contributed by atoms with Gasteiger partial charge in [0.1, 0.15) is 18.0 Å². The number of benzene rings is 1. The number of nitrogens with two attached hydrogens (primary N) is 1. The molecule has 8 nitrogen and oxygen atoms in total. The maximum absolute atomic E-state index is 11.2. The number of carbonyl (C=O) groups is 1. The Labute approximate surface area is 154 Å². The molecule has 1 heterocycles. The number of oxime groups is 1. The number of amidine groups is 1. The largest absolute Gasteiger partial charge is 0.493 e. The fourth-order valence-electron chi connectivity index (χ4n) is 1.99. The molecule has 1 aliphatic heterocycles. The van der Waals surface area contributed by atoms with Crippen LogP contribution in [0.25, 0.3) is 0 Å². The molecule has 8 heteroatoms. The molecule has 2 rings (SSSR count). The summed E-state index contributed by atoms with van der Waals surface area (Å²) >= 11 is 0. The Morgan fingerprint density at radius 3 is 2.81 bits per heavy atom. The third kappa shape index (κ3) is 9.12. The molecule has 1 aliphatic rings. The average molecular weight is 367 g/mol. The van der Waals surface area contributed by atoms with Crippen LogP contribution < -0.4 is 15.8 Å². The Morgan fingerprint density at radius 2 is 2.15 bits per heavy atom. The van der Waals surface area contributed by atoms with E-state index in [-0.39, 0.29) is 25.6 Å². The second-order valence-corrected chi connectivity index (χ2v) is 6.70. The van der Waals surface area contributed by atoms with Crippen LogP contribution in [0.3, 0.4) is 0 Å². The van der Waals surface area contributed by atoms with Crippen molar-refractivity contribution in [1.82, 2.24) is 5.32 Å². The number of aliphatic hydroxyl groups excluding tert-OH is 1. The van der Waals surface area contributed by atoms with E-state index in [4.69, 9.17) is 20.3 Å². The van der Waals surface area contributed by atoms with E-state index in [9.17, 15) is 4.79 Å². The molecule has 1 amide bonds. The number of nitrogens with one attached hydrogen (secondary N) is 1. The van der Waals surface area contributed by atoms with Crippen LogP contribution in [-0.4, -0.2) is 49.0 Å². The minimum Gasteiger partial charge on any atom is -0.493 e. The predicted molar refractivity (Wildman–Crippen MR) is 99.3 cm³/mol. The molecule has 0 saturated carbocycles. The van der Waals surface area contributed by atoms with E-state index >= 15 is 0 Å². The number of aryl methyl sites for hydroxylation is 1. The lowest BCUT2D eigenvalue weighted by Gasteiger charge is -2.19. The summed E-state index contributed by atoms with van der Waals surface area (Å²) in [5.74, 6) is 1.17. The highest BCUT2D eigenvalue weighted by Gasteiger charge is 2.15. The molecule has 0 bridgehead atoms. The van der Waals surface area contributed by atoms with E-state index in [0.29, 0.717) is 0 Å². The highest BCUT2D eigenvalue weighted by atomic mass is 16.6. The lowest BCUT2D eigenvalue weighted by atomic mass is 10.1. The zero-order valence-corrected chi connectivity index (χ0v) is 15.9. The summed E-state index contributed by atoms with van der Waals surface area (Å²) in [7, 11) is 0. The molecule has 0 saturated heterocycles. The second kappa shape index (κ2) is 10.5. The summed E-state index contributed by atoms with van der Waals surface area (Å²) in [5, 5.41) is 14.3. The smallest absolute Gasteiger partial charge is 0.408 e. The molecular weight excluding hydrogens is 338 g/mol. The molecule has 26 heavy (non-hydrogen) atoms. The summed E-state index contributed by atoms with van der Waals surface area (Å²) in [6.45, 7) is 8.19. The second-order valence-electron chi connectivity index (χ2n) is 6.70. The van der Waals surface area contributed by atoms with Gasteiger partial charge in [-0.1, -0.05) is 22.9 Å². The van der Waals surface area contributed by atoms with E-state index in [1.807, 2.05) is 0 Å². The van der Waals surface area contributed by atoms with Crippen LogP contribution in [0.15, 0.2) is 23.4 Å². The highest BCUT2D eigenvalue weighted by Crippen LogP contribution is 2.25. The molecule has 4 N–H and O–H groups in total. The van der Waals surface area contributed by atoms with Gasteiger partial charge in [-0.25, -0.2) is 4.79 Å². The molecule has 0 spiro atoms. The van der Waals surface area contributed by atoms with Crippen LogP contribution in [0.2, 0.25) is 0 Å².